The fourth-order valence-corrected chi connectivity index (χ4v) is 2.22. The minimum atomic E-state index is 0.229. The molecule has 108 valence electrons. The Labute approximate surface area is 116 Å². The Balaban J connectivity index is 2.90. The van der Waals surface area contributed by atoms with Crippen LogP contribution < -0.4 is 4.74 Å². The van der Waals surface area contributed by atoms with Crippen molar-refractivity contribution in [2.75, 3.05) is 20.3 Å². The largest absolute Gasteiger partial charge is 0.496 e. The van der Waals surface area contributed by atoms with Crippen LogP contribution >= 0.6 is 0 Å². The van der Waals surface area contributed by atoms with Crippen LogP contribution in [0.25, 0.3) is 0 Å². The Kier molecular flexibility index (Phi) is 6.25. The van der Waals surface area contributed by atoms with Gasteiger partial charge in [0.2, 0.25) is 0 Å². The van der Waals surface area contributed by atoms with Crippen molar-refractivity contribution < 1.29 is 9.84 Å². The highest BCUT2D eigenvalue weighted by Crippen LogP contribution is 2.25. The van der Waals surface area contributed by atoms with Gasteiger partial charge < -0.3 is 9.84 Å². The second-order valence-electron chi connectivity index (χ2n) is 5.19. The number of rotatable bonds is 7. The molecule has 0 amide bonds. The first-order valence-electron chi connectivity index (χ1n) is 6.85. The van der Waals surface area contributed by atoms with Gasteiger partial charge in [0.25, 0.3) is 0 Å². The molecular weight excluding hydrogens is 240 g/mol. The minimum Gasteiger partial charge on any atom is -0.496 e. The van der Waals surface area contributed by atoms with Gasteiger partial charge in [-0.1, -0.05) is 0 Å². The molecule has 0 aromatic carbocycles. The van der Waals surface area contributed by atoms with Gasteiger partial charge in [-0.25, -0.2) is 0 Å². The lowest BCUT2D eigenvalue weighted by Gasteiger charge is -2.26. The molecule has 1 N–H and O–H groups in total. The van der Waals surface area contributed by atoms with Gasteiger partial charge in [0, 0.05) is 43.1 Å². The van der Waals surface area contributed by atoms with Gasteiger partial charge in [0.05, 0.1) is 12.8 Å². The number of pyridine rings is 1. The Morgan fingerprint density at radius 3 is 2.58 bits per heavy atom. The van der Waals surface area contributed by atoms with Crippen molar-refractivity contribution in [1.82, 2.24) is 9.88 Å². The summed E-state index contributed by atoms with van der Waals surface area (Å²) in [5.74, 6) is 0.927. The average molecular weight is 266 g/mol. The zero-order chi connectivity index (χ0) is 14.4. The normalized spacial score (nSPS) is 11.4. The fourth-order valence-electron chi connectivity index (χ4n) is 2.22. The van der Waals surface area contributed by atoms with Gasteiger partial charge >= 0.3 is 0 Å². The van der Waals surface area contributed by atoms with E-state index in [2.05, 4.69) is 30.7 Å². The van der Waals surface area contributed by atoms with E-state index in [9.17, 15) is 0 Å². The van der Waals surface area contributed by atoms with Gasteiger partial charge in [-0.15, -0.1) is 0 Å². The number of hydrogen-bond donors (Lipinski definition) is 1. The van der Waals surface area contributed by atoms with Crippen LogP contribution in [-0.2, 0) is 6.54 Å². The molecule has 0 bridgehead atoms. The summed E-state index contributed by atoms with van der Waals surface area (Å²) in [5.41, 5.74) is 3.22. The van der Waals surface area contributed by atoms with Gasteiger partial charge in [-0.2, -0.15) is 0 Å². The first-order chi connectivity index (χ1) is 9.01. The molecular formula is C15H26N2O2. The number of methoxy groups -OCH3 is 1. The summed E-state index contributed by atoms with van der Waals surface area (Å²) in [6, 6.07) is 0.431. The van der Waals surface area contributed by atoms with Crippen LogP contribution in [0.1, 0.15) is 37.1 Å². The van der Waals surface area contributed by atoms with Crippen LogP contribution in [0, 0.1) is 13.8 Å². The van der Waals surface area contributed by atoms with Crippen molar-refractivity contribution in [2.24, 2.45) is 0 Å². The molecule has 4 nitrogen and oxygen atoms in total. The van der Waals surface area contributed by atoms with E-state index in [0.717, 1.165) is 42.1 Å². The zero-order valence-electron chi connectivity index (χ0n) is 12.7. The molecule has 0 fully saturated rings. The predicted molar refractivity (Wildman–Crippen MR) is 77.5 cm³/mol. The molecule has 1 rings (SSSR count). The number of aliphatic hydroxyl groups excluding tert-OH is 1. The molecule has 0 saturated carbocycles. The Morgan fingerprint density at radius 1 is 1.37 bits per heavy atom. The Hall–Kier alpha value is -1.13. The molecule has 19 heavy (non-hydrogen) atoms. The van der Waals surface area contributed by atoms with Crippen molar-refractivity contribution >= 4 is 0 Å². The number of ether oxygens (including phenoxy) is 1. The second-order valence-corrected chi connectivity index (χ2v) is 5.19. The van der Waals surface area contributed by atoms with Crippen molar-refractivity contribution in [3.8, 4) is 5.75 Å². The molecule has 0 radical (unpaired) electrons. The molecule has 0 unspecified atom stereocenters. The van der Waals surface area contributed by atoms with Crippen molar-refractivity contribution in [3.05, 3.63) is 23.0 Å². The van der Waals surface area contributed by atoms with Crippen LogP contribution in [-0.4, -0.2) is 41.3 Å². The van der Waals surface area contributed by atoms with Crippen molar-refractivity contribution in [2.45, 2.75) is 46.7 Å². The standard InChI is InChI=1S/C15H26N2O2/c1-11(2)17(7-6-8-18)10-14-13(4)15(19-5)12(3)9-16-14/h9,11,18H,6-8,10H2,1-5H3. The molecule has 1 aromatic rings. The van der Waals surface area contributed by atoms with Crippen LogP contribution in [0.3, 0.4) is 0 Å². The maximum Gasteiger partial charge on any atom is 0.128 e. The van der Waals surface area contributed by atoms with Gasteiger partial charge in [-0.3, -0.25) is 9.88 Å². The first-order valence-corrected chi connectivity index (χ1v) is 6.85. The maximum atomic E-state index is 8.97. The monoisotopic (exact) mass is 266 g/mol. The predicted octanol–water partition coefficient (Wildman–Crippen LogP) is 2.30. The highest BCUT2D eigenvalue weighted by atomic mass is 16.5. The van der Waals surface area contributed by atoms with Crippen LogP contribution in [0.2, 0.25) is 0 Å². The van der Waals surface area contributed by atoms with E-state index in [0.29, 0.717) is 6.04 Å². The Bertz CT molecular complexity index is 405. The molecule has 1 heterocycles. The SMILES string of the molecule is COc1c(C)cnc(CN(CCCO)C(C)C)c1C. The van der Waals surface area contributed by atoms with E-state index in [-0.39, 0.29) is 6.61 Å². The Morgan fingerprint density at radius 2 is 2.05 bits per heavy atom. The smallest absolute Gasteiger partial charge is 0.128 e. The lowest BCUT2D eigenvalue weighted by Crippen LogP contribution is -2.32. The summed E-state index contributed by atoms with van der Waals surface area (Å²) < 4.78 is 5.44. The number of nitrogens with zero attached hydrogens (tertiary/aromatic N) is 2. The molecule has 1 aromatic heterocycles. The maximum absolute atomic E-state index is 8.97. The topological polar surface area (TPSA) is 45.6 Å². The van der Waals surface area contributed by atoms with E-state index < -0.39 is 0 Å². The minimum absolute atomic E-state index is 0.229. The van der Waals surface area contributed by atoms with Gasteiger partial charge in [0.1, 0.15) is 5.75 Å². The van der Waals surface area contributed by atoms with E-state index in [4.69, 9.17) is 9.84 Å². The second kappa shape index (κ2) is 7.46. The third kappa shape index (κ3) is 4.18. The summed E-state index contributed by atoms with van der Waals surface area (Å²) in [4.78, 5) is 6.85. The summed E-state index contributed by atoms with van der Waals surface area (Å²) in [6.07, 6.45) is 2.66. The molecule has 0 spiro atoms. The molecule has 0 aliphatic carbocycles. The summed E-state index contributed by atoms with van der Waals surface area (Å²) in [6.45, 7) is 10.3. The van der Waals surface area contributed by atoms with E-state index in [1.54, 1.807) is 7.11 Å². The number of hydrogen-bond acceptors (Lipinski definition) is 4. The highest BCUT2D eigenvalue weighted by Gasteiger charge is 2.15. The van der Waals surface area contributed by atoms with Gasteiger partial charge in [0.15, 0.2) is 0 Å². The third-order valence-electron chi connectivity index (χ3n) is 3.44. The lowest BCUT2D eigenvalue weighted by atomic mass is 10.1. The van der Waals surface area contributed by atoms with Crippen LogP contribution in [0.5, 0.6) is 5.75 Å². The molecule has 0 aliphatic rings. The first kappa shape index (κ1) is 15.9. The average Bonchev–Trinajstić information content (AvgIpc) is 2.37. The van der Waals surface area contributed by atoms with E-state index in [1.165, 1.54) is 0 Å². The number of aromatic nitrogens is 1. The fraction of sp³-hybridized carbons (Fsp3) is 0.667. The quantitative estimate of drug-likeness (QED) is 0.822. The van der Waals surface area contributed by atoms with Crippen LogP contribution in [0.4, 0.5) is 0 Å². The van der Waals surface area contributed by atoms with Crippen molar-refractivity contribution in [3.63, 3.8) is 0 Å². The van der Waals surface area contributed by atoms with Crippen LogP contribution in [0.15, 0.2) is 6.20 Å². The molecule has 4 heteroatoms. The number of aryl methyl sites for hydroxylation is 1. The van der Waals surface area contributed by atoms with E-state index >= 15 is 0 Å². The highest BCUT2D eigenvalue weighted by molar-refractivity contribution is 5.41. The summed E-state index contributed by atoms with van der Waals surface area (Å²) >= 11 is 0. The molecule has 0 atom stereocenters. The molecule has 0 aliphatic heterocycles. The molecule has 0 saturated heterocycles. The van der Waals surface area contributed by atoms with Crippen molar-refractivity contribution in [1.29, 1.82) is 0 Å². The van der Waals surface area contributed by atoms with E-state index in [1.807, 2.05) is 13.1 Å². The third-order valence-corrected chi connectivity index (χ3v) is 3.44. The van der Waals surface area contributed by atoms with Gasteiger partial charge in [-0.05, 0) is 34.1 Å². The summed E-state index contributed by atoms with van der Waals surface area (Å²) in [5, 5.41) is 8.97. The lowest BCUT2D eigenvalue weighted by molar-refractivity contribution is 0.182. The number of aliphatic hydroxyl groups is 1. The summed E-state index contributed by atoms with van der Waals surface area (Å²) in [7, 11) is 1.70. The zero-order valence-corrected chi connectivity index (χ0v) is 12.7.